The van der Waals surface area contributed by atoms with E-state index in [9.17, 15) is 4.79 Å². The van der Waals surface area contributed by atoms with Gasteiger partial charge in [-0.1, -0.05) is 11.6 Å². The van der Waals surface area contributed by atoms with Crippen molar-refractivity contribution < 1.29 is 9.53 Å². The number of halogens is 1. The van der Waals surface area contributed by atoms with Crippen LogP contribution in [0.2, 0.25) is 5.02 Å². The lowest BCUT2D eigenvalue weighted by molar-refractivity contribution is 0.0114. The summed E-state index contributed by atoms with van der Waals surface area (Å²) in [5, 5.41) is 3.96. The molecule has 1 atom stereocenters. The maximum Gasteiger partial charge on any atom is 0.410 e. The van der Waals surface area contributed by atoms with Gasteiger partial charge in [0.2, 0.25) is 0 Å². The Labute approximate surface area is 140 Å². The van der Waals surface area contributed by atoms with E-state index < -0.39 is 5.60 Å². The maximum absolute atomic E-state index is 12.5. The van der Waals surface area contributed by atoms with Crippen LogP contribution >= 0.6 is 11.6 Å². The Morgan fingerprint density at radius 3 is 2.91 bits per heavy atom. The fourth-order valence-corrected chi connectivity index (χ4v) is 2.82. The molecular weight excluding hydrogens is 316 g/mol. The third-order valence-corrected chi connectivity index (χ3v) is 3.87. The predicted octanol–water partition coefficient (Wildman–Crippen LogP) is 2.87. The van der Waals surface area contributed by atoms with E-state index in [1.54, 1.807) is 11.0 Å². The fourth-order valence-electron chi connectivity index (χ4n) is 2.65. The molecule has 2 aromatic rings. The molecule has 6 nitrogen and oxygen atoms in total. The molecule has 0 saturated carbocycles. The molecule has 0 aliphatic carbocycles. The molecule has 2 aromatic heterocycles. The normalized spacial score (nSPS) is 19.1. The summed E-state index contributed by atoms with van der Waals surface area (Å²) in [4.78, 5) is 18.8. The number of fused-ring (bicyclic) bond motifs is 1. The lowest BCUT2D eigenvalue weighted by Crippen LogP contribution is -2.50. The third-order valence-electron chi connectivity index (χ3n) is 3.65. The van der Waals surface area contributed by atoms with Gasteiger partial charge in [0.25, 0.3) is 0 Å². The van der Waals surface area contributed by atoms with Gasteiger partial charge in [-0.3, -0.25) is 4.90 Å². The van der Waals surface area contributed by atoms with Crippen LogP contribution in [0.5, 0.6) is 0 Å². The van der Waals surface area contributed by atoms with Crippen molar-refractivity contribution in [3.8, 4) is 0 Å². The number of aromatic nitrogens is 2. The van der Waals surface area contributed by atoms with Crippen molar-refractivity contribution in [2.75, 3.05) is 19.6 Å². The SMILES string of the molecule is CC(C)(C)OC(=O)N1CCNCC1c1cn2cc(Cl)ccc2n1. The highest BCUT2D eigenvalue weighted by atomic mass is 35.5. The van der Waals surface area contributed by atoms with Gasteiger partial charge in [-0.15, -0.1) is 0 Å². The van der Waals surface area contributed by atoms with Crippen LogP contribution < -0.4 is 5.32 Å². The van der Waals surface area contributed by atoms with Crippen LogP contribution in [-0.4, -0.2) is 45.6 Å². The average molecular weight is 337 g/mol. The molecule has 3 rings (SSSR count). The van der Waals surface area contributed by atoms with E-state index >= 15 is 0 Å². The van der Waals surface area contributed by atoms with Crippen molar-refractivity contribution >= 4 is 23.3 Å². The van der Waals surface area contributed by atoms with Crippen molar-refractivity contribution in [1.29, 1.82) is 0 Å². The Kier molecular flexibility index (Phi) is 4.21. The molecule has 1 amide bonds. The number of hydrogen-bond donors (Lipinski definition) is 1. The minimum Gasteiger partial charge on any atom is -0.444 e. The standard InChI is InChI=1S/C16H21ClN4O2/c1-16(2,3)23-15(22)21-7-6-18-8-13(21)12-10-20-9-11(17)4-5-14(20)19-12/h4-5,9-10,13,18H,6-8H2,1-3H3. The highest BCUT2D eigenvalue weighted by molar-refractivity contribution is 6.30. The van der Waals surface area contributed by atoms with Gasteiger partial charge < -0.3 is 14.5 Å². The zero-order valence-electron chi connectivity index (χ0n) is 13.5. The van der Waals surface area contributed by atoms with Gasteiger partial charge in [-0.25, -0.2) is 9.78 Å². The fraction of sp³-hybridized carbons (Fsp3) is 0.500. The predicted molar refractivity (Wildman–Crippen MR) is 88.8 cm³/mol. The smallest absolute Gasteiger partial charge is 0.410 e. The minimum atomic E-state index is -0.515. The summed E-state index contributed by atoms with van der Waals surface area (Å²) in [6, 6.07) is 3.51. The molecule has 1 saturated heterocycles. The van der Waals surface area contributed by atoms with E-state index in [1.807, 2.05) is 43.6 Å². The molecular formula is C16H21ClN4O2. The third kappa shape index (κ3) is 3.59. The number of piperazine rings is 1. The number of rotatable bonds is 1. The molecule has 1 N–H and O–H groups in total. The molecule has 7 heteroatoms. The van der Waals surface area contributed by atoms with Crippen molar-refractivity contribution in [2.45, 2.75) is 32.4 Å². The Hall–Kier alpha value is -1.79. The summed E-state index contributed by atoms with van der Waals surface area (Å²) in [7, 11) is 0. The average Bonchev–Trinajstić information content (AvgIpc) is 2.88. The molecule has 0 aromatic carbocycles. The highest BCUT2D eigenvalue weighted by Gasteiger charge is 2.32. The number of pyridine rings is 1. The molecule has 1 unspecified atom stereocenters. The van der Waals surface area contributed by atoms with E-state index in [0.29, 0.717) is 18.1 Å². The van der Waals surface area contributed by atoms with Gasteiger partial charge in [0, 0.05) is 32.0 Å². The molecule has 0 spiro atoms. The largest absolute Gasteiger partial charge is 0.444 e. The lowest BCUT2D eigenvalue weighted by atomic mass is 10.1. The van der Waals surface area contributed by atoms with E-state index in [0.717, 1.165) is 17.9 Å². The van der Waals surface area contributed by atoms with Gasteiger partial charge in [0.05, 0.1) is 16.8 Å². The molecule has 3 heterocycles. The van der Waals surface area contributed by atoms with Crippen LogP contribution in [0.3, 0.4) is 0 Å². The number of ether oxygens (including phenoxy) is 1. The molecule has 124 valence electrons. The van der Waals surface area contributed by atoms with Gasteiger partial charge in [-0.05, 0) is 32.9 Å². The van der Waals surface area contributed by atoms with Crippen molar-refractivity contribution in [1.82, 2.24) is 19.6 Å². The monoisotopic (exact) mass is 336 g/mol. The maximum atomic E-state index is 12.5. The Balaban J connectivity index is 1.89. The minimum absolute atomic E-state index is 0.155. The molecule has 0 radical (unpaired) electrons. The zero-order valence-corrected chi connectivity index (χ0v) is 14.3. The van der Waals surface area contributed by atoms with Crippen LogP contribution in [0.4, 0.5) is 4.79 Å². The second kappa shape index (κ2) is 6.02. The van der Waals surface area contributed by atoms with Gasteiger partial charge >= 0.3 is 6.09 Å². The Morgan fingerprint density at radius 2 is 2.17 bits per heavy atom. The topological polar surface area (TPSA) is 58.9 Å². The number of nitrogens with one attached hydrogen (secondary N) is 1. The summed E-state index contributed by atoms with van der Waals surface area (Å²) in [5.41, 5.74) is 1.11. The first-order valence-electron chi connectivity index (χ1n) is 7.68. The number of carbonyl (C=O) groups excluding carboxylic acids is 1. The van der Waals surface area contributed by atoms with E-state index in [4.69, 9.17) is 16.3 Å². The van der Waals surface area contributed by atoms with Gasteiger partial charge in [0.1, 0.15) is 11.2 Å². The van der Waals surface area contributed by atoms with Gasteiger partial charge in [0.15, 0.2) is 0 Å². The van der Waals surface area contributed by atoms with Crippen LogP contribution in [0.1, 0.15) is 32.5 Å². The zero-order chi connectivity index (χ0) is 16.6. The first kappa shape index (κ1) is 16.1. The van der Waals surface area contributed by atoms with Crippen molar-refractivity contribution in [3.05, 3.63) is 35.2 Å². The molecule has 1 aliphatic heterocycles. The molecule has 1 aliphatic rings. The molecule has 23 heavy (non-hydrogen) atoms. The first-order valence-corrected chi connectivity index (χ1v) is 8.06. The second-order valence-corrected chi connectivity index (χ2v) is 7.11. The van der Waals surface area contributed by atoms with Gasteiger partial charge in [-0.2, -0.15) is 0 Å². The summed E-state index contributed by atoms with van der Waals surface area (Å²) in [6.45, 7) is 7.60. The van der Waals surface area contributed by atoms with Crippen LogP contribution in [0.15, 0.2) is 24.5 Å². The molecule has 0 bridgehead atoms. The van der Waals surface area contributed by atoms with E-state index in [2.05, 4.69) is 10.3 Å². The van der Waals surface area contributed by atoms with Crippen LogP contribution in [0, 0.1) is 0 Å². The molecule has 1 fully saturated rings. The highest BCUT2D eigenvalue weighted by Crippen LogP contribution is 2.25. The summed E-state index contributed by atoms with van der Waals surface area (Å²) < 4.78 is 7.40. The summed E-state index contributed by atoms with van der Waals surface area (Å²) >= 11 is 6.02. The Bertz CT molecular complexity index is 722. The van der Waals surface area contributed by atoms with Crippen LogP contribution in [-0.2, 0) is 4.74 Å². The number of carbonyl (C=O) groups is 1. The van der Waals surface area contributed by atoms with E-state index in [-0.39, 0.29) is 12.1 Å². The Morgan fingerprint density at radius 1 is 1.39 bits per heavy atom. The first-order chi connectivity index (χ1) is 10.8. The second-order valence-electron chi connectivity index (χ2n) is 6.67. The number of nitrogens with zero attached hydrogens (tertiary/aromatic N) is 3. The quantitative estimate of drug-likeness (QED) is 0.870. The number of imidazole rings is 1. The number of amides is 1. The van der Waals surface area contributed by atoms with Crippen molar-refractivity contribution in [2.24, 2.45) is 0 Å². The van der Waals surface area contributed by atoms with Crippen molar-refractivity contribution in [3.63, 3.8) is 0 Å². The summed E-state index contributed by atoms with van der Waals surface area (Å²) in [6.07, 6.45) is 3.41. The summed E-state index contributed by atoms with van der Waals surface area (Å²) in [5.74, 6) is 0. The van der Waals surface area contributed by atoms with Crippen LogP contribution in [0.25, 0.3) is 5.65 Å². The lowest BCUT2D eigenvalue weighted by Gasteiger charge is -2.36. The number of hydrogen-bond acceptors (Lipinski definition) is 4. The van der Waals surface area contributed by atoms with E-state index in [1.165, 1.54) is 0 Å².